The molecule has 1 aliphatic carbocycles. The van der Waals surface area contributed by atoms with Gasteiger partial charge in [0.05, 0.1) is 11.0 Å². The second-order valence-electron chi connectivity index (χ2n) is 9.28. The summed E-state index contributed by atoms with van der Waals surface area (Å²) < 4.78 is 3.47. The van der Waals surface area contributed by atoms with Gasteiger partial charge >= 0.3 is 0 Å². The van der Waals surface area contributed by atoms with Gasteiger partial charge in [-0.15, -0.1) is 0 Å². The number of fused-ring (bicyclic) bond motifs is 6. The predicted octanol–water partition coefficient (Wildman–Crippen LogP) is 8.88. The lowest BCUT2D eigenvalue weighted by molar-refractivity contribution is 0.715. The molecule has 0 saturated carbocycles. The van der Waals surface area contributed by atoms with E-state index in [1.54, 1.807) is 0 Å². The molecule has 7 rings (SSSR count). The van der Waals surface area contributed by atoms with Gasteiger partial charge in [0, 0.05) is 26.3 Å². The van der Waals surface area contributed by atoms with Gasteiger partial charge in [-0.1, -0.05) is 88.7 Å². The number of para-hydroxylation sites is 1. The van der Waals surface area contributed by atoms with Crippen molar-refractivity contribution >= 4 is 37.7 Å². The largest absolute Gasteiger partial charge is 0.309 e. The Morgan fingerprint density at radius 1 is 0.588 bits per heavy atom. The van der Waals surface area contributed by atoms with E-state index in [0.29, 0.717) is 0 Å². The van der Waals surface area contributed by atoms with Crippen LogP contribution in [0, 0.1) is 0 Å². The van der Waals surface area contributed by atoms with E-state index in [0.717, 1.165) is 4.47 Å². The minimum atomic E-state index is -0.200. The first-order chi connectivity index (χ1) is 16.7. The molecule has 1 nitrogen and oxygen atoms in total. The molecule has 5 aromatic carbocycles. The Bertz CT molecular complexity index is 1680. The van der Waals surface area contributed by atoms with E-state index < -0.39 is 0 Å². The molecular formula is C32H22BrN. The average molecular weight is 500 g/mol. The maximum absolute atomic E-state index is 3.71. The molecule has 34 heavy (non-hydrogen) atoms. The Hall–Kier alpha value is -3.62. The standard InChI is InChI=1S/C32H22BrN/c1-32(28-13-7-5-11-24(28)25-12-6-8-14-29(25)32)21-15-17-30-26(19-21)27-20-22(33)16-18-31(27)34(30)23-9-3-2-4-10-23/h2-20H,1H3. The number of aromatic nitrogens is 1. The lowest BCUT2D eigenvalue weighted by Crippen LogP contribution is -2.22. The van der Waals surface area contributed by atoms with Gasteiger partial charge in [-0.2, -0.15) is 0 Å². The van der Waals surface area contributed by atoms with Crippen molar-refractivity contribution in [3.05, 3.63) is 136 Å². The van der Waals surface area contributed by atoms with Gasteiger partial charge in [0.15, 0.2) is 0 Å². The van der Waals surface area contributed by atoms with Crippen molar-refractivity contribution in [1.82, 2.24) is 4.57 Å². The second kappa shape index (κ2) is 7.19. The van der Waals surface area contributed by atoms with Crippen LogP contribution in [0.25, 0.3) is 38.6 Å². The maximum atomic E-state index is 3.71. The SMILES string of the molecule is CC1(c2ccc3c(c2)c2cc(Br)ccc2n3-c2ccccc2)c2ccccc2-c2ccccc21. The zero-order valence-corrected chi connectivity index (χ0v) is 20.4. The third-order valence-electron chi connectivity index (χ3n) is 7.54. The highest BCUT2D eigenvalue weighted by Gasteiger charge is 2.40. The van der Waals surface area contributed by atoms with Crippen LogP contribution in [-0.4, -0.2) is 4.57 Å². The van der Waals surface area contributed by atoms with E-state index >= 15 is 0 Å². The zero-order valence-electron chi connectivity index (χ0n) is 18.8. The van der Waals surface area contributed by atoms with Crippen LogP contribution in [0.15, 0.2) is 120 Å². The fraction of sp³-hybridized carbons (Fsp3) is 0.0625. The molecule has 6 aromatic rings. The Balaban J connectivity index is 1.56. The van der Waals surface area contributed by atoms with Crippen LogP contribution in [0.1, 0.15) is 23.6 Å². The van der Waals surface area contributed by atoms with Gasteiger partial charge in [-0.3, -0.25) is 0 Å². The highest BCUT2D eigenvalue weighted by molar-refractivity contribution is 9.10. The van der Waals surface area contributed by atoms with E-state index in [1.807, 2.05) is 0 Å². The highest BCUT2D eigenvalue weighted by atomic mass is 79.9. The Morgan fingerprint density at radius 3 is 1.82 bits per heavy atom. The molecule has 1 aromatic heterocycles. The first-order valence-corrected chi connectivity index (χ1v) is 12.4. The van der Waals surface area contributed by atoms with Gasteiger partial charge in [0.2, 0.25) is 0 Å². The van der Waals surface area contributed by atoms with Crippen LogP contribution in [0.2, 0.25) is 0 Å². The fourth-order valence-electron chi connectivity index (χ4n) is 5.93. The van der Waals surface area contributed by atoms with Gasteiger partial charge in [0.25, 0.3) is 0 Å². The molecular weight excluding hydrogens is 478 g/mol. The summed E-state index contributed by atoms with van der Waals surface area (Å²) in [4.78, 5) is 0. The smallest absolute Gasteiger partial charge is 0.0541 e. The summed E-state index contributed by atoms with van der Waals surface area (Å²) in [5.41, 5.74) is 10.2. The van der Waals surface area contributed by atoms with Crippen LogP contribution in [0.5, 0.6) is 0 Å². The minimum absolute atomic E-state index is 0.200. The third-order valence-corrected chi connectivity index (χ3v) is 8.03. The monoisotopic (exact) mass is 499 g/mol. The summed E-state index contributed by atoms with van der Waals surface area (Å²) >= 11 is 3.71. The molecule has 0 aliphatic heterocycles. The van der Waals surface area contributed by atoms with Gasteiger partial charge in [-0.05, 0) is 77.2 Å². The molecule has 0 fully saturated rings. The summed E-state index contributed by atoms with van der Waals surface area (Å²) in [7, 11) is 0. The first kappa shape index (κ1) is 19.8. The number of benzene rings is 5. The lowest BCUT2D eigenvalue weighted by atomic mass is 9.74. The van der Waals surface area contributed by atoms with Crippen molar-refractivity contribution in [2.45, 2.75) is 12.3 Å². The molecule has 0 spiro atoms. The van der Waals surface area contributed by atoms with Crippen molar-refractivity contribution in [3.63, 3.8) is 0 Å². The molecule has 0 saturated heterocycles. The van der Waals surface area contributed by atoms with Crippen LogP contribution in [0.3, 0.4) is 0 Å². The van der Waals surface area contributed by atoms with E-state index in [4.69, 9.17) is 0 Å². The maximum Gasteiger partial charge on any atom is 0.0541 e. The average Bonchev–Trinajstić information content (AvgIpc) is 3.35. The summed E-state index contributed by atoms with van der Waals surface area (Å²) in [6.07, 6.45) is 0. The number of rotatable bonds is 2. The minimum Gasteiger partial charge on any atom is -0.309 e. The molecule has 0 bridgehead atoms. The number of nitrogens with zero attached hydrogens (tertiary/aromatic N) is 1. The van der Waals surface area contributed by atoms with Crippen LogP contribution >= 0.6 is 15.9 Å². The zero-order chi connectivity index (χ0) is 22.9. The Labute approximate surface area is 207 Å². The van der Waals surface area contributed by atoms with Crippen molar-refractivity contribution in [2.24, 2.45) is 0 Å². The lowest BCUT2D eigenvalue weighted by Gasteiger charge is -2.28. The van der Waals surface area contributed by atoms with Gasteiger partial charge in [0.1, 0.15) is 0 Å². The predicted molar refractivity (Wildman–Crippen MR) is 146 cm³/mol. The van der Waals surface area contributed by atoms with E-state index in [-0.39, 0.29) is 5.41 Å². The van der Waals surface area contributed by atoms with E-state index in [9.17, 15) is 0 Å². The summed E-state index contributed by atoms with van der Waals surface area (Å²) in [5.74, 6) is 0. The summed E-state index contributed by atoms with van der Waals surface area (Å²) in [6, 6.07) is 42.0. The van der Waals surface area contributed by atoms with E-state index in [1.165, 1.54) is 55.3 Å². The quantitative estimate of drug-likeness (QED) is 0.224. The van der Waals surface area contributed by atoms with Crippen LogP contribution in [-0.2, 0) is 5.41 Å². The van der Waals surface area contributed by atoms with Gasteiger partial charge < -0.3 is 4.57 Å². The van der Waals surface area contributed by atoms with Crippen molar-refractivity contribution in [3.8, 4) is 16.8 Å². The van der Waals surface area contributed by atoms with Crippen molar-refractivity contribution in [2.75, 3.05) is 0 Å². The highest BCUT2D eigenvalue weighted by Crippen LogP contribution is 2.52. The van der Waals surface area contributed by atoms with Crippen LogP contribution < -0.4 is 0 Å². The molecule has 0 atom stereocenters. The molecule has 162 valence electrons. The third kappa shape index (κ3) is 2.60. The number of halogens is 1. The molecule has 0 radical (unpaired) electrons. The molecule has 0 N–H and O–H groups in total. The summed E-state index contributed by atoms with van der Waals surface area (Å²) in [5, 5.41) is 2.54. The second-order valence-corrected chi connectivity index (χ2v) is 10.2. The summed E-state index contributed by atoms with van der Waals surface area (Å²) in [6.45, 7) is 2.38. The van der Waals surface area contributed by atoms with Gasteiger partial charge in [-0.25, -0.2) is 0 Å². The Kier molecular flexibility index (Phi) is 4.19. The first-order valence-electron chi connectivity index (χ1n) is 11.7. The number of hydrogen-bond donors (Lipinski definition) is 0. The normalized spacial score (nSPS) is 13.8. The van der Waals surface area contributed by atoms with Crippen molar-refractivity contribution in [1.29, 1.82) is 0 Å². The molecule has 1 aliphatic rings. The van der Waals surface area contributed by atoms with E-state index in [2.05, 4.69) is 143 Å². The van der Waals surface area contributed by atoms with Crippen molar-refractivity contribution < 1.29 is 0 Å². The fourth-order valence-corrected chi connectivity index (χ4v) is 6.29. The molecule has 2 heteroatoms. The van der Waals surface area contributed by atoms with Crippen LogP contribution in [0.4, 0.5) is 0 Å². The molecule has 0 amide bonds. The Morgan fingerprint density at radius 2 is 1.15 bits per heavy atom. The topological polar surface area (TPSA) is 4.93 Å². The molecule has 1 heterocycles. The molecule has 0 unspecified atom stereocenters. The number of hydrogen-bond acceptors (Lipinski definition) is 0.